The van der Waals surface area contributed by atoms with Crippen LogP contribution in [-0.4, -0.2) is 29.1 Å². The molecule has 0 radical (unpaired) electrons. The van der Waals surface area contributed by atoms with E-state index in [-0.39, 0.29) is 0 Å². The number of thioether (sulfide) groups is 1. The Bertz CT molecular complexity index is 307. The third-order valence-electron chi connectivity index (χ3n) is 3.60. The van der Waals surface area contributed by atoms with Crippen LogP contribution in [0.1, 0.15) is 31.2 Å². The molecule has 0 aliphatic heterocycles. The molecule has 1 saturated carbocycles. The van der Waals surface area contributed by atoms with E-state index >= 15 is 0 Å². The van der Waals surface area contributed by atoms with E-state index in [9.17, 15) is 0 Å². The maximum Gasteiger partial charge on any atom is 0.0270 e. The normalized spacial score (nSPS) is 24.8. The standard InChI is InChI=1S/C14H22N2S/c1-17-14-4-2-13(3-5-14)16-11-8-12-6-9-15-10-7-12/h6-7,9-10,13-14,16H,2-5,8,11H2,1H3. The summed E-state index contributed by atoms with van der Waals surface area (Å²) in [5, 5.41) is 4.60. The Morgan fingerprint density at radius 2 is 1.94 bits per heavy atom. The van der Waals surface area contributed by atoms with Crippen LogP contribution in [0.4, 0.5) is 0 Å². The van der Waals surface area contributed by atoms with Gasteiger partial charge < -0.3 is 5.32 Å². The lowest BCUT2D eigenvalue weighted by molar-refractivity contribution is 0.382. The maximum atomic E-state index is 4.04. The van der Waals surface area contributed by atoms with Crippen molar-refractivity contribution in [2.24, 2.45) is 0 Å². The van der Waals surface area contributed by atoms with Gasteiger partial charge >= 0.3 is 0 Å². The molecule has 1 aromatic heterocycles. The van der Waals surface area contributed by atoms with E-state index in [0.717, 1.165) is 24.3 Å². The van der Waals surface area contributed by atoms with Crippen molar-refractivity contribution in [1.29, 1.82) is 0 Å². The van der Waals surface area contributed by atoms with Gasteiger partial charge in [0.15, 0.2) is 0 Å². The third kappa shape index (κ3) is 4.32. The van der Waals surface area contributed by atoms with Crippen molar-refractivity contribution in [2.45, 2.75) is 43.4 Å². The van der Waals surface area contributed by atoms with E-state index in [0.29, 0.717) is 0 Å². The summed E-state index contributed by atoms with van der Waals surface area (Å²) in [6.45, 7) is 1.10. The zero-order valence-corrected chi connectivity index (χ0v) is 11.4. The summed E-state index contributed by atoms with van der Waals surface area (Å²) in [5.41, 5.74) is 1.38. The highest BCUT2D eigenvalue weighted by molar-refractivity contribution is 7.99. The second kappa shape index (κ2) is 7.02. The molecule has 0 spiro atoms. The first kappa shape index (κ1) is 12.9. The molecule has 17 heavy (non-hydrogen) atoms. The van der Waals surface area contributed by atoms with Crippen LogP contribution in [0.25, 0.3) is 0 Å². The van der Waals surface area contributed by atoms with E-state index in [1.165, 1.54) is 31.2 Å². The fourth-order valence-corrected chi connectivity index (χ4v) is 3.22. The first-order valence-corrected chi connectivity index (χ1v) is 7.82. The summed E-state index contributed by atoms with van der Waals surface area (Å²) in [7, 11) is 0. The summed E-state index contributed by atoms with van der Waals surface area (Å²) in [6, 6.07) is 4.96. The van der Waals surface area contributed by atoms with Crippen LogP contribution in [0.15, 0.2) is 24.5 Å². The van der Waals surface area contributed by atoms with Gasteiger partial charge in [-0.05, 0) is 62.6 Å². The van der Waals surface area contributed by atoms with E-state index in [1.54, 1.807) is 0 Å². The van der Waals surface area contributed by atoms with Crippen LogP contribution in [0.3, 0.4) is 0 Å². The fraction of sp³-hybridized carbons (Fsp3) is 0.643. The Morgan fingerprint density at radius 3 is 2.59 bits per heavy atom. The molecular formula is C14H22N2S. The summed E-state index contributed by atoms with van der Waals surface area (Å²) < 4.78 is 0. The molecule has 0 saturated heterocycles. The topological polar surface area (TPSA) is 24.9 Å². The van der Waals surface area contributed by atoms with Crippen LogP contribution >= 0.6 is 11.8 Å². The van der Waals surface area contributed by atoms with E-state index < -0.39 is 0 Å². The van der Waals surface area contributed by atoms with Gasteiger partial charge in [-0.25, -0.2) is 0 Å². The van der Waals surface area contributed by atoms with Crippen molar-refractivity contribution in [1.82, 2.24) is 10.3 Å². The molecule has 1 aliphatic rings. The molecule has 1 fully saturated rings. The van der Waals surface area contributed by atoms with Gasteiger partial charge in [0, 0.05) is 23.7 Å². The predicted molar refractivity (Wildman–Crippen MR) is 75.5 cm³/mol. The SMILES string of the molecule is CSC1CCC(NCCc2ccncc2)CC1. The summed E-state index contributed by atoms with van der Waals surface area (Å²) in [6.07, 6.45) is 12.6. The van der Waals surface area contributed by atoms with Crippen LogP contribution in [0.2, 0.25) is 0 Å². The molecule has 0 bridgehead atoms. The molecule has 2 nitrogen and oxygen atoms in total. The molecule has 1 aliphatic carbocycles. The molecule has 0 aromatic carbocycles. The summed E-state index contributed by atoms with van der Waals surface area (Å²) in [5.74, 6) is 0. The zero-order chi connectivity index (χ0) is 11.9. The molecule has 0 atom stereocenters. The van der Waals surface area contributed by atoms with Crippen LogP contribution < -0.4 is 5.32 Å². The Kier molecular flexibility index (Phi) is 5.33. The van der Waals surface area contributed by atoms with E-state index in [1.807, 2.05) is 24.2 Å². The van der Waals surface area contributed by atoms with Gasteiger partial charge in [0.25, 0.3) is 0 Å². The fourth-order valence-electron chi connectivity index (χ4n) is 2.47. The van der Waals surface area contributed by atoms with Crippen molar-refractivity contribution < 1.29 is 0 Å². The first-order chi connectivity index (χ1) is 8.38. The summed E-state index contributed by atoms with van der Waals surface area (Å²) >= 11 is 2.03. The smallest absolute Gasteiger partial charge is 0.0270 e. The van der Waals surface area contributed by atoms with Crippen molar-refractivity contribution in [3.05, 3.63) is 30.1 Å². The maximum absolute atomic E-state index is 4.04. The number of aromatic nitrogens is 1. The van der Waals surface area contributed by atoms with Crippen LogP contribution in [-0.2, 0) is 6.42 Å². The van der Waals surface area contributed by atoms with Gasteiger partial charge in [-0.3, -0.25) is 4.98 Å². The zero-order valence-electron chi connectivity index (χ0n) is 10.6. The Hall–Kier alpha value is -0.540. The Labute approximate surface area is 109 Å². The lowest BCUT2D eigenvalue weighted by Gasteiger charge is -2.28. The number of nitrogens with one attached hydrogen (secondary N) is 1. The molecule has 1 aromatic rings. The van der Waals surface area contributed by atoms with Crippen molar-refractivity contribution in [3.8, 4) is 0 Å². The Balaban J connectivity index is 1.63. The number of hydrogen-bond acceptors (Lipinski definition) is 3. The number of hydrogen-bond donors (Lipinski definition) is 1. The lowest BCUT2D eigenvalue weighted by atomic mass is 9.95. The van der Waals surface area contributed by atoms with Gasteiger partial charge in [0.05, 0.1) is 0 Å². The molecule has 0 unspecified atom stereocenters. The minimum absolute atomic E-state index is 0.750. The second-order valence-electron chi connectivity index (χ2n) is 4.77. The predicted octanol–water partition coefficient (Wildman–Crippen LogP) is 2.89. The number of pyridine rings is 1. The van der Waals surface area contributed by atoms with Gasteiger partial charge in [0.1, 0.15) is 0 Å². The monoisotopic (exact) mass is 250 g/mol. The van der Waals surface area contributed by atoms with Crippen molar-refractivity contribution in [2.75, 3.05) is 12.8 Å². The van der Waals surface area contributed by atoms with E-state index in [4.69, 9.17) is 0 Å². The highest BCUT2D eigenvalue weighted by atomic mass is 32.2. The van der Waals surface area contributed by atoms with Crippen LogP contribution in [0.5, 0.6) is 0 Å². The molecule has 1 N–H and O–H groups in total. The molecule has 3 heteroatoms. The third-order valence-corrected chi connectivity index (χ3v) is 4.74. The molecule has 2 rings (SSSR count). The Morgan fingerprint density at radius 1 is 1.24 bits per heavy atom. The molecule has 0 amide bonds. The molecule has 94 valence electrons. The van der Waals surface area contributed by atoms with Gasteiger partial charge in [-0.15, -0.1) is 0 Å². The largest absolute Gasteiger partial charge is 0.314 e. The summed E-state index contributed by atoms with van der Waals surface area (Å²) in [4.78, 5) is 4.04. The van der Waals surface area contributed by atoms with Crippen molar-refractivity contribution >= 4 is 11.8 Å². The average molecular weight is 250 g/mol. The van der Waals surface area contributed by atoms with Crippen molar-refractivity contribution in [3.63, 3.8) is 0 Å². The second-order valence-corrected chi connectivity index (χ2v) is 5.91. The van der Waals surface area contributed by atoms with Gasteiger partial charge in [-0.1, -0.05) is 0 Å². The van der Waals surface area contributed by atoms with E-state index in [2.05, 4.69) is 28.7 Å². The molecular weight excluding hydrogens is 228 g/mol. The average Bonchev–Trinajstić information content (AvgIpc) is 2.41. The highest BCUT2D eigenvalue weighted by Crippen LogP contribution is 2.26. The highest BCUT2D eigenvalue weighted by Gasteiger charge is 2.19. The quantitative estimate of drug-likeness (QED) is 0.870. The van der Waals surface area contributed by atoms with Crippen LogP contribution in [0, 0.1) is 0 Å². The number of rotatable bonds is 5. The molecule has 1 heterocycles. The number of nitrogens with zero attached hydrogens (tertiary/aromatic N) is 1. The first-order valence-electron chi connectivity index (χ1n) is 6.53. The van der Waals surface area contributed by atoms with Gasteiger partial charge in [-0.2, -0.15) is 11.8 Å². The van der Waals surface area contributed by atoms with Gasteiger partial charge in [0.2, 0.25) is 0 Å². The minimum atomic E-state index is 0.750. The minimum Gasteiger partial charge on any atom is -0.314 e. The lowest BCUT2D eigenvalue weighted by Crippen LogP contribution is -2.35.